The highest BCUT2D eigenvalue weighted by Crippen LogP contribution is 2.28. The van der Waals surface area contributed by atoms with Crippen molar-refractivity contribution in [3.63, 3.8) is 0 Å². The van der Waals surface area contributed by atoms with Crippen LogP contribution < -0.4 is 24.4 Å². The van der Waals surface area contributed by atoms with Crippen molar-refractivity contribution >= 4 is 17.4 Å². The van der Waals surface area contributed by atoms with Crippen molar-refractivity contribution in [3.8, 4) is 11.5 Å². The van der Waals surface area contributed by atoms with E-state index in [1.54, 1.807) is 11.7 Å². The number of rotatable bonds is 4. The number of thiazole rings is 1. The van der Waals surface area contributed by atoms with Crippen molar-refractivity contribution in [1.29, 1.82) is 0 Å². The molecule has 2 heterocycles. The summed E-state index contributed by atoms with van der Waals surface area (Å²) in [5, 5.41) is 0. The van der Waals surface area contributed by atoms with Crippen LogP contribution in [0.2, 0.25) is 0 Å². The minimum Gasteiger partial charge on any atom is -0.493 e. The van der Waals surface area contributed by atoms with Gasteiger partial charge in [0.05, 0.1) is 24.8 Å². The standard InChI is InChI=1S/C15H16N2O3S/c1-3-20-11-5-4-10(8-12(11)19-2)9-13-14(18)17-7-6-16-15(17)21-13/h4-5,8-9H,3,6-7H2,1-2H3. The molecule has 0 saturated heterocycles. The molecule has 3 rings (SSSR count). The van der Waals surface area contributed by atoms with E-state index in [1.165, 1.54) is 11.3 Å². The van der Waals surface area contributed by atoms with Gasteiger partial charge in [0, 0.05) is 6.54 Å². The lowest BCUT2D eigenvalue weighted by atomic mass is 10.2. The molecular weight excluding hydrogens is 288 g/mol. The topological polar surface area (TPSA) is 52.8 Å². The minimum atomic E-state index is 0.0316. The third-order valence-corrected chi connectivity index (χ3v) is 4.29. The van der Waals surface area contributed by atoms with Crippen LogP contribution in [0.3, 0.4) is 0 Å². The van der Waals surface area contributed by atoms with Gasteiger partial charge in [0.25, 0.3) is 5.56 Å². The predicted molar refractivity (Wildman–Crippen MR) is 82.0 cm³/mol. The number of nitrogens with zero attached hydrogens (tertiary/aromatic N) is 2. The highest BCUT2D eigenvalue weighted by molar-refractivity contribution is 7.07. The first-order valence-electron chi connectivity index (χ1n) is 6.79. The molecule has 5 nitrogen and oxygen atoms in total. The third-order valence-electron chi connectivity index (χ3n) is 3.24. The highest BCUT2D eigenvalue weighted by Gasteiger charge is 2.10. The second-order valence-electron chi connectivity index (χ2n) is 4.58. The molecule has 21 heavy (non-hydrogen) atoms. The van der Waals surface area contributed by atoms with Gasteiger partial charge in [0.15, 0.2) is 16.3 Å². The Balaban J connectivity index is 2.06. The van der Waals surface area contributed by atoms with Gasteiger partial charge in [-0.25, -0.2) is 0 Å². The molecule has 0 atom stereocenters. The SMILES string of the molecule is CCOc1ccc(C=c2sc3n(c2=O)CCN=3)cc1OC. The lowest BCUT2D eigenvalue weighted by molar-refractivity contribution is 0.311. The van der Waals surface area contributed by atoms with Crippen LogP contribution in [0.1, 0.15) is 12.5 Å². The van der Waals surface area contributed by atoms with Crippen LogP contribution in [0.25, 0.3) is 6.08 Å². The zero-order valence-electron chi connectivity index (χ0n) is 12.0. The van der Waals surface area contributed by atoms with E-state index in [1.807, 2.05) is 31.2 Å². The van der Waals surface area contributed by atoms with Crippen molar-refractivity contribution in [2.45, 2.75) is 13.5 Å². The maximum absolute atomic E-state index is 12.2. The lowest BCUT2D eigenvalue weighted by Crippen LogP contribution is -2.29. The fourth-order valence-electron chi connectivity index (χ4n) is 2.27. The molecule has 0 aliphatic carbocycles. The summed E-state index contributed by atoms with van der Waals surface area (Å²) in [4.78, 5) is 17.3. The normalized spacial score (nSPS) is 13.9. The van der Waals surface area contributed by atoms with E-state index in [9.17, 15) is 4.79 Å². The van der Waals surface area contributed by atoms with Gasteiger partial charge in [-0.1, -0.05) is 17.4 Å². The van der Waals surface area contributed by atoms with Gasteiger partial charge in [-0.05, 0) is 30.7 Å². The Morgan fingerprint density at radius 2 is 2.29 bits per heavy atom. The summed E-state index contributed by atoms with van der Waals surface area (Å²) < 4.78 is 13.2. The van der Waals surface area contributed by atoms with Crippen molar-refractivity contribution in [3.05, 3.63) is 43.5 Å². The Morgan fingerprint density at radius 3 is 3.00 bits per heavy atom. The second-order valence-corrected chi connectivity index (χ2v) is 5.58. The summed E-state index contributed by atoms with van der Waals surface area (Å²) in [6, 6.07) is 5.65. The van der Waals surface area contributed by atoms with Gasteiger partial charge in [-0.15, -0.1) is 0 Å². The monoisotopic (exact) mass is 304 g/mol. The number of fused-ring (bicyclic) bond motifs is 1. The molecule has 0 N–H and O–H groups in total. The lowest BCUT2D eigenvalue weighted by Gasteiger charge is -2.09. The van der Waals surface area contributed by atoms with Crippen LogP contribution in [0.4, 0.5) is 0 Å². The molecular formula is C15H16N2O3S. The zero-order valence-corrected chi connectivity index (χ0v) is 12.8. The van der Waals surface area contributed by atoms with E-state index >= 15 is 0 Å². The van der Waals surface area contributed by atoms with Gasteiger partial charge in [-0.3, -0.25) is 14.4 Å². The first-order chi connectivity index (χ1) is 10.2. The van der Waals surface area contributed by atoms with Crippen molar-refractivity contribution in [1.82, 2.24) is 4.57 Å². The molecule has 1 aromatic heterocycles. The third kappa shape index (κ3) is 2.58. The van der Waals surface area contributed by atoms with Crippen LogP contribution in [0.5, 0.6) is 11.5 Å². The zero-order chi connectivity index (χ0) is 14.8. The molecule has 0 unspecified atom stereocenters. The summed E-state index contributed by atoms with van der Waals surface area (Å²) >= 11 is 1.43. The van der Waals surface area contributed by atoms with Gasteiger partial charge >= 0.3 is 0 Å². The van der Waals surface area contributed by atoms with Gasteiger partial charge in [0.2, 0.25) is 0 Å². The quantitative estimate of drug-likeness (QED) is 0.839. The molecule has 1 aromatic carbocycles. The van der Waals surface area contributed by atoms with E-state index in [4.69, 9.17) is 9.47 Å². The Labute approximate surface area is 125 Å². The van der Waals surface area contributed by atoms with E-state index in [0.29, 0.717) is 35.7 Å². The number of methoxy groups -OCH3 is 1. The van der Waals surface area contributed by atoms with Crippen LogP contribution in [0, 0.1) is 0 Å². The van der Waals surface area contributed by atoms with Crippen molar-refractivity contribution in [2.75, 3.05) is 20.3 Å². The maximum atomic E-state index is 12.2. The Morgan fingerprint density at radius 1 is 1.43 bits per heavy atom. The molecule has 0 spiro atoms. The average molecular weight is 304 g/mol. The van der Waals surface area contributed by atoms with Crippen LogP contribution in [-0.2, 0) is 6.54 Å². The first kappa shape index (κ1) is 13.9. The smallest absolute Gasteiger partial charge is 0.270 e. The number of hydrogen-bond donors (Lipinski definition) is 0. The minimum absolute atomic E-state index is 0.0316. The fourth-order valence-corrected chi connectivity index (χ4v) is 3.30. The largest absolute Gasteiger partial charge is 0.493 e. The molecule has 110 valence electrons. The van der Waals surface area contributed by atoms with Crippen molar-refractivity contribution in [2.24, 2.45) is 4.99 Å². The molecule has 0 amide bonds. The van der Waals surface area contributed by atoms with Gasteiger partial charge in [0.1, 0.15) is 0 Å². The van der Waals surface area contributed by atoms with E-state index in [2.05, 4.69) is 4.99 Å². The van der Waals surface area contributed by atoms with Crippen LogP contribution in [-0.4, -0.2) is 24.8 Å². The second kappa shape index (κ2) is 5.73. The number of hydrogen-bond acceptors (Lipinski definition) is 5. The number of ether oxygens (including phenoxy) is 2. The number of aromatic nitrogens is 1. The summed E-state index contributed by atoms with van der Waals surface area (Å²) in [6.45, 7) is 3.90. The molecule has 2 aromatic rings. The van der Waals surface area contributed by atoms with Gasteiger partial charge < -0.3 is 9.47 Å². The van der Waals surface area contributed by atoms with E-state index in [0.717, 1.165) is 10.4 Å². The van der Waals surface area contributed by atoms with Gasteiger partial charge in [-0.2, -0.15) is 0 Å². The molecule has 1 aliphatic heterocycles. The Kier molecular flexibility index (Phi) is 3.79. The molecule has 0 bridgehead atoms. The number of benzene rings is 1. The molecule has 6 heteroatoms. The van der Waals surface area contributed by atoms with E-state index in [-0.39, 0.29) is 5.56 Å². The fraction of sp³-hybridized carbons (Fsp3) is 0.333. The van der Waals surface area contributed by atoms with E-state index < -0.39 is 0 Å². The summed E-state index contributed by atoms with van der Waals surface area (Å²) in [7, 11) is 1.61. The van der Waals surface area contributed by atoms with Crippen molar-refractivity contribution < 1.29 is 9.47 Å². The Bertz CT molecular complexity index is 836. The first-order valence-corrected chi connectivity index (χ1v) is 7.61. The summed E-state index contributed by atoms with van der Waals surface area (Å²) in [5.41, 5.74) is 0.942. The molecule has 0 saturated carbocycles. The predicted octanol–water partition coefficient (Wildman–Crippen LogP) is 0.779. The average Bonchev–Trinajstić information content (AvgIpc) is 3.05. The maximum Gasteiger partial charge on any atom is 0.270 e. The molecule has 0 fully saturated rings. The molecule has 1 aliphatic rings. The highest BCUT2D eigenvalue weighted by atomic mass is 32.1. The van der Waals surface area contributed by atoms with Crippen LogP contribution in [0.15, 0.2) is 28.0 Å². The molecule has 0 radical (unpaired) electrons. The summed E-state index contributed by atoms with van der Waals surface area (Å²) in [5.74, 6) is 1.37. The Hall–Kier alpha value is -2.08. The summed E-state index contributed by atoms with van der Waals surface area (Å²) in [6.07, 6.45) is 1.87. The van der Waals surface area contributed by atoms with Crippen LogP contribution >= 0.6 is 11.3 Å².